The predicted octanol–water partition coefficient (Wildman–Crippen LogP) is 5.24. The number of morpholine rings is 1. The SMILES string of the molecule is CCn1c(-c2cc(N3CCN(C4CC4)CC3)cnc2[C@H](C)OC)c2c3cc(ccc31)-c1nc(co1)C[C@H](NC(=O)[C@H](C1CCCC1)N1CCOC3(CN(C(=O)[C@@H]4N[C@@H]4C4CC4)C3)C1)C(=O)N1CCC[C@H](N1)C(=O)OCC(C)(C)C2. The number of likely N-dealkylation sites (tertiary alicyclic amines) is 1. The van der Waals surface area contributed by atoms with Gasteiger partial charge in [-0.05, 0) is 113 Å². The molecule has 0 radical (unpaired) electrons. The van der Waals surface area contributed by atoms with E-state index in [9.17, 15) is 9.59 Å². The van der Waals surface area contributed by atoms with Crippen LogP contribution in [0, 0.1) is 17.3 Å². The molecule has 424 valence electrons. The van der Waals surface area contributed by atoms with Crippen molar-refractivity contribution in [3.63, 3.8) is 0 Å². The van der Waals surface area contributed by atoms with E-state index < -0.39 is 35.1 Å². The van der Waals surface area contributed by atoms with Crippen molar-refractivity contribution in [2.24, 2.45) is 17.3 Å². The molecule has 3 aliphatic carbocycles. The Morgan fingerprint density at radius 1 is 0.949 bits per heavy atom. The van der Waals surface area contributed by atoms with Crippen molar-refractivity contribution in [3.8, 4) is 22.7 Å². The molecule has 9 heterocycles. The minimum atomic E-state index is -1.03. The molecule has 9 aliphatic rings. The molecule has 6 atom stereocenters. The number of nitrogens with one attached hydrogen (secondary N) is 3. The summed E-state index contributed by atoms with van der Waals surface area (Å²) in [5.74, 6) is 0.308. The van der Waals surface area contributed by atoms with E-state index in [-0.39, 0.29) is 48.8 Å². The van der Waals surface area contributed by atoms with Crippen LogP contribution in [0.2, 0.25) is 0 Å². The topological polar surface area (TPSA) is 202 Å². The number of methoxy groups -OCH3 is 1. The molecule has 1 aromatic carbocycles. The van der Waals surface area contributed by atoms with Crippen LogP contribution in [0.4, 0.5) is 5.69 Å². The summed E-state index contributed by atoms with van der Waals surface area (Å²) >= 11 is 0. The number of carbonyl (C=O) groups is 4. The van der Waals surface area contributed by atoms with Crippen LogP contribution in [0.1, 0.15) is 115 Å². The Labute approximate surface area is 463 Å². The number of hydrogen-bond donors (Lipinski definition) is 3. The fraction of sp³-hybridized carbons (Fsp3) is 0.667. The van der Waals surface area contributed by atoms with Crippen LogP contribution in [-0.2, 0) is 52.8 Å². The van der Waals surface area contributed by atoms with Crippen LogP contribution < -0.4 is 21.0 Å². The van der Waals surface area contributed by atoms with E-state index in [1.54, 1.807) is 13.4 Å². The zero-order valence-corrected chi connectivity index (χ0v) is 47.0. The van der Waals surface area contributed by atoms with Gasteiger partial charge in [-0.15, -0.1) is 0 Å². The Bertz CT molecular complexity index is 2960. The van der Waals surface area contributed by atoms with Gasteiger partial charge in [-0.25, -0.2) is 10.4 Å². The zero-order valence-electron chi connectivity index (χ0n) is 47.0. The molecule has 1 spiro atoms. The van der Waals surface area contributed by atoms with Gasteiger partial charge in [-0.3, -0.25) is 44.3 Å². The van der Waals surface area contributed by atoms with Crippen molar-refractivity contribution < 1.29 is 37.8 Å². The summed E-state index contributed by atoms with van der Waals surface area (Å²) in [5.41, 5.74) is 9.64. The van der Waals surface area contributed by atoms with Crippen LogP contribution in [0.5, 0.6) is 0 Å². The number of hydrazine groups is 1. The summed E-state index contributed by atoms with van der Waals surface area (Å²) in [6.45, 7) is 16.2. The molecule has 3 N–H and O–H groups in total. The summed E-state index contributed by atoms with van der Waals surface area (Å²) in [7, 11) is 1.73. The van der Waals surface area contributed by atoms with E-state index in [4.69, 9.17) is 28.6 Å². The van der Waals surface area contributed by atoms with Gasteiger partial charge in [0, 0.05) is 105 Å². The first-order valence-electron chi connectivity index (χ1n) is 29.9. The Balaban J connectivity index is 0.824. The molecule has 19 heteroatoms. The molecule has 6 bridgehead atoms. The first kappa shape index (κ1) is 52.9. The number of pyridine rings is 1. The molecule has 5 saturated heterocycles. The third kappa shape index (κ3) is 10.5. The number of benzene rings is 1. The third-order valence-electron chi connectivity index (χ3n) is 19.0. The summed E-state index contributed by atoms with van der Waals surface area (Å²) < 4.78 is 27.5. The van der Waals surface area contributed by atoms with Crippen LogP contribution in [-0.4, -0.2) is 179 Å². The lowest BCUT2D eigenvalue weighted by Gasteiger charge is -2.55. The highest BCUT2D eigenvalue weighted by molar-refractivity contribution is 5.95. The first-order valence-corrected chi connectivity index (χ1v) is 29.9. The van der Waals surface area contributed by atoms with Gasteiger partial charge in [0.05, 0.1) is 67.4 Å². The molecular formula is C60H81N11O8. The number of amides is 3. The molecule has 3 saturated carbocycles. The second-order valence-electron chi connectivity index (χ2n) is 25.4. The smallest absolute Gasteiger partial charge is 0.324 e. The maximum absolute atomic E-state index is 15.2. The van der Waals surface area contributed by atoms with Crippen molar-refractivity contribution in [2.45, 2.75) is 159 Å². The number of hydrogen-bond acceptors (Lipinski definition) is 15. The van der Waals surface area contributed by atoms with Gasteiger partial charge >= 0.3 is 5.97 Å². The van der Waals surface area contributed by atoms with Crippen molar-refractivity contribution in [1.29, 1.82) is 0 Å². The van der Waals surface area contributed by atoms with Crippen molar-refractivity contribution in [2.75, 3.05) is 84.1 Å². The number of fused-ring (bicyclic) bond motifs is 6. The molecule has 13 rings (SSSR count). The molecular weight excluding hydrogens is 1000 g/mol. The highest BCUT2D eigenvalue weighted by atomic mass is 16.5. The number of aromatic nitrogens is 3. The number of aryl methyl sites for hydroxylation is 1. The Morgan fingerprint density at radius 3 is 2.49 bits per heavy atom. The van der Waals surface area contributed by atoms with Gasteiger partial charge in [-0.2, -0.15) is 0 Å². The third-order valence-corrected chi connectivity index (χ3v) is 19.0. The number of nitrogens with zero attached hydrogens (tertiary/aromatic N) is 8. The second kappa shape index (κ2) is 21.1. The van der Waals surface area contributed by atoms with Gasteiger partial charge in [0.25, 0.3) is 5.91 Å². The Morgan fingerprint density at radius 2 is 1.75 bits per heavy atom. The molecule has 3 aromatic heterocycles. The average Bonchev–Trinajstić information content (AvgIpc) is 4.60. The lowest BCUT2D eigenvalue weighted by molar-refractivity contribution is -0.197. The number of oxazole rings is 1. The molecule has 6 aliphatic heterocycles. The molecule has 8 fully saturated rings. The van der Waals surface area contributed by atoms with E-state index in [2.05, 4.69) is 81.2 Å². The van der Waals surface area contributed by atoms with Crippen LogP contribution >= 0.6 is 0 Å². The number of anilines is 1. The van der Waals surface area contributed by atoms with E-state index in [1.165, 1.54) is 30.7 Å². The minimum absolute atomic E-state index is 0.0669. The van der Waals surface area contributed by atoms with Gasteiger partial charge in [-0.1, -0.05) is 26.7 Å². The van der Waals surface area contributed by atoms with E-state index in [0.29, 0.717) is 88.7 Å². The second-order valence-corrected chi connectivity index (χ2v) is 25.4. The van der Waals surface area contributed by atoms with E-state index in [1.807, 2.05) is 17.2 Å². The maximum atomic E-state index is 15.2. The summed E-state index contributed by atoms with van der Waals surface area (Å²) in [4.78, 5) is 77.5. The number of cyclic esters (lactones) is 1. The lowest BCUT2D eigenvalue weighted by Crippen LogP contribution is -2.73. The molecule has 0 unspecified atom stereocenters. The van der Waals surface area contributed by atoms with Crippen LogP contribution in [0.3, 0.4) is 0 Å². The van der Waals surface area contributed by atoms with Crippen molar-refractivity contribution in [1.82, 2.24) is 50.3 Å². The Hall–Kier alpha value is -5.44. The maximum Gasteiger partial charge on any atom is 0.324 e. The number of rotatable bonds is 12. The highest BCUT2D eigenvalue weighted by Gasteiger charge is 2.57. The normalized spacial score (nSPS) is 27.6. The molecule has 19 nitrogen and oxygen atoms in total. The number of ether oxygens (including phenoxy) is 3. The fourth-order valence-electron chi connectivity index (χ4n) is 14.3. The fourth-order valence-corrected chi connectivity index (χ4v) is 14.3. The lowest BCUT2D eigenvalue weighted by atomic mass is 9.84. The monoisotopic (exact) mass is 1080 g/mol. The van der Waals surface area contributed by atoms with Gasteiger partial charge in [0.1, 0.15) is 30.0 Å². The first-order chi connectivity index (χ1) is 38.3. The Kier molecular flexibility index (Phi) is 14.2. The van der Waals surface area contributed by atoms with Gasteiger partial charge < -0.3 is 38.3 Å². The minimum Gasteiger partial charge on any atom is -0.464 e. The standard InChI is InChI=1S/C60H81N11O8/c1-6-70-48-18-15-39-26-43(48)45(53(70)44-28-42(30-61-49(44)36(2)76-5)67-22-20-66(21-23-67)41-16-17-41)29-59(3,4)35-78-58(75)46-12-9-19-71(65-46)56(73)47(27-40-31-77-55(39)62-40)63-54(72)52(38-10-7-8-11-38)68-24-25-79-60(32-68)33-69(34-60)57(74)51-50(64-51)37-13-14-37/h15,18,26,28,30-31,36-38,41,46-47,50-52,64-65H,6-14,16-17,19-25,27,29,32-35H2,1-5H3,(H,63,72)/t36-,46-,47-,50+,51+,52-/m0/s1. The summed E-state index contributed by atoms with van der Waals surface area (Å²) in [6.07, 6.45) is 13.9. The largest absolute Gasteiger partial charge is 0.464 e. The van der Waals surface area contributed by atoms with E-state index >= 15 is 9.59 Å². The number of piperazine rings is 1. The molecule has 79 heavy (non-hydrogen) atoms. The molecule has 4 aromatic rings. The zero-order chi connectivity index (χ0) is 54.3. The van der Waals surface area contributed by atoms with Gasteiger partial charge in [0.15, 0.2) is 0 Å². The van der Waals surface area contributed by atoms with Crippen molar-refractivity contribution in [3.05, 3.63) is 53.7 Å². The van der Waals surface area contributed by atoms with Gasteiger partial charge in [0.2, 0.25) is 17.7 Å². The number of esters is 1. The highest BCUT2D eigenvalue weighted by Crippen LogP contribution is 2.45. The molecule has 3 amide bonds. The summed E-state index contributed by atoms with van der Waals surface area (Å²) in [5, 5.41) is 9.22. The predicted molar refractivity (Wildman–Crippen MR) is 297 cm³/mol. The van der Waals surface area contributed by atoms with Crippen LogP contribution in [0.25, 0.3) is 33.6 Å². The number of carbonyl (C=O) groups excluding carboxylic acids is 4. The van der Waals surface area contributed by atoms with E-state index in [0.717, 1.165) is 103 Å². The van der Waals surface area contributed by atoms with Crippen LogP contribution in [0.15, 0.2) is 41.1 Å². The summed E-state index contributed by atoms with van der Waals surface area (Å²) in [6, 6.07) is 7.33. The average molecular weight is 1080 g/mol. The van der Waals surface area contributed by atoms with Crippen molar-refractivity contribution >= 4 is 40.3 Å². The quantitative estimate of drug-likeness (QED) is 0.123.